The van der Waals surface area contributed by atoms with Gasteiger partial charge in [-0.15, -0.1) is 11.3 Å². The molecule has 0 unspecified atom stereocenters. The smallest absolute Gasteiger partial charge is 0.206 e. The highest BCUT2D eigenvalue weighted by molar-refractivity contribution is 7.07. The predicted octanol–water partition coefficient (Wildman–Crippen LogP) is 4.94. The number of nitrogens with zero attached hydrogens (tertiary/aromatic N) is 3. The molecular weight excluding hydrogens is 326 g/mol. The van der Waals surface area contributed by atoms with E-state index in [-0.39, 0.29) is 0 Å². The van der Waals surface area contributed by atoms with Gasteiger partial charge in [0, 0.05) is 17.5 Å². The molecule has 0 radical (unpaired) electrons. The molecule has 3 aromatic rings. The average Bonchev–Trinajstić information content (AvgIpc) is 2.98. The monoisotopic (exact) mass is 349 g/mol. The van der Waals surface area contributed by atoms with Crippen molar-refractivity contribution < 1.29 is 0 Å². The van der Waals surface area contributed by atoms with Crippen LogP contribution in [0, 0.1) is 20.8 Å². The average molecular weight is 350 g/mol. The minimum absolute atomic E-state index is 0.743. The molecule has 128 valence electrons. The zero-order valence-corrected chi connectivity index (χ0v) is 16.0. The van der Waals surface area contributed by atoms with Crippen molar-refractivity contribution in [2.45, 2.75) is 27.7 Å². The summed E-state index contributed by atoms with van der Waals surface area (Å²) in [5.41, 5.74) is 7.09. The van der Waals surface area contributed by atoms with Gasteiger partial charge in [0.1, 0.15) is 0 Å². The Morgan fingerprint density at radius 3 is 2.40 bits per heavy atom. The zero-order valence-electron chi connectivity index (χ0n) is 15.2. The van der Waals surface area contributed by atoms with Crippen LogP contribution < -0.4 is 4.80 Å². The molecule has 4 heteroatoms. The molecule has 1 aromatic heterocycles. The van der Waals surface area contributed by atoms with Crippen molar-refractivity contribution in [3.63, 3.8) is 0 Å². The lowest BCUT2D eigenvalue weighted by molar-refractivity contribution is 0.833. The molecule has 0 saturated heterocycles. The third-order valence-corrected chi connectivity index (χ3v) is 4.92. The van der Waals surface area contributed by atoms with Gasteiger partial charge in [0.2, 0.25) is 4.80 Å². The van der Waals surface area contributed by atoms with E-state index in [0.29, 0.717) is 0 Å². The van der Waals surface area contributed by atoms with E-state index >= 15 is 0 Å². The number of rotatable bonds is 4. The molecule has 3 rings (SSSR count). The van der Waals surface area contributed by atoms with Gasteiger partial charge < -0.3 is 0 Å². The van der Waals surface area contributed by atoms with E-state index in [0.717, 1.165) is 28.2 Å². The maximum absolute atomic E-state index is 4.75. The fourth-order valence-electron chi connectivity index (χ4n) is 2.67. The third-order valence-electron chi connectivity index (χ3n) is 4.06. The number of aromatic nitrogens is 1. The Hall–Kier alpha value is -2.46. The van der Waals surface area contributed by atoms with Gasteiger partial charge in [-0.3, -0.25) is 4.99 Å². The van der Waals surface area contributed by atoms with Crippen LogP contribution in [0.3, 0.4) is 0 Å². The maximum atomic E-state index is 4.75. The normalized spacial score (nSPS) is 12.2. The highest BCUT2D eigenvalue weighted by Gasteiger charge is 2.07. The molecule has 0 aliphatic carbocycles. The van der Waals surface area contributed by atoms with E-state index in [9.17, 15) is 0 Å². The summed E-state index contributed by atoms with van der Waals surface area (Å²) in [5.74, 6) is 0. The number of aryl methyl sites for hydroxylation is 3. The Kier molecular flexibility index (Phi) is 5.29. The standard InChI is InChI=1S/C21H23N3S/c1-5-22-21-24(23-13-19-11-8-16(3)12-17(19)4)20(14-25-21)18-9-6-15(2)7-10-18/h6-14H,5H2,1-4H3/b22-21?,23-13-. The van der Waals surface area contributed by atoms with Crippen LogP contribution in [0.15, 0.2) is 57.9 Å². The van der Waals surface area contributed by atoms with Crippen LogP contribution in [-0.4, -0.2) is 17.4 Å². The summed E-state index contributed by atoms with van der Waals surface area (Å²) in [6, 6.07) is 14.9. The number of thiazole rings is 1. The van der Waals surface area contributed by atoms with Crippen molar-refractivity contribution in [1.82, 2.24) is 4.68 Å². The summed E-state index contributed by atoms with van der Waals surface area (Å²) < 4.78 is 1.94. The summed E-state index contributed by atoms with van der Waals surface area (Å²) in [6.07, 6.45) is 1.92. The van der Waals surface area contributed by atoms with Crippen LogP contribution >= 0.6 is 11.3 Å². The number of benzene rings is 2. The maximum Gasteiger partial charge on any atom is 0.206 e. The van der Waals surface area contributed by atoms with E-state index in [1.54, 1.807) is 11.3 Å². The van der Waals surface area contributed by atoms with Crippen molar-refractivity contribution in [2.75, 3.05) is 6.54 Å². The molecule has 0 aliphatic heterocycles. The quantitative estimate of drug-likeness (QED) is 0.597. The van der Waals surface area contributed by atoms with E-state index < -0.39 is 0 Å². The van der Waals surface area contributed by atoms with Gasteiger partial charge in [-0.05, 0) is 38.8 Å². The van der Waals surface area contributed by atoms with Crippen molar-refractivity contribution >= 4 is 17.6 Å². The predicted molar refractivity (Wildman–Crippen MR) is 107 cm³/mol. The Balaban J connectivity index is 2.07. The second kappa shape index (κ2) is 7.62. The topological polar surface area (TPSA) is 29.6 Å². The fraction of sp³-hybridized carbons (Fsp3) is 0.238. The summed E-state index contributed by atoms with van der Waals surface area (Å²) >= 11 is 1.62. The first-order valence-electron chi connectivity index (χ1n) is 8.48. The zero-order chi connectivity index (χ0) is 17.8. The largest absolute Gasteiger partial charge is 0.258 e. The summed E-state index contributed by atoms with van der Waals surface area (Å²) in [7, 11) is 0. The Morgan fingerprint density at radius 1 is 1.00 bits per heavy atom. The highest BCUT2D eigenvalue weighted by Crippen LogP contribution is 2.20. The van der Waals surface area contributed by atoms with Crippen molar-refractivity contribution in [3.05, 3.63) is 74.9 Å². The lowest BCUT2D eigenvalue weighted by Gasteiger charge is -2.05. The van der Waals surface area contributed by atoms with Crippen LogP contribution in [0.5, 0.6) is 0 Å². The molecule has 0 saturated carbocycles. The lowest BCUT2D eigenvalue weighted by atomic mass is 10.1. The van der Waals surface area contributed by atoms with E-state index in [1.165, 1.54) is 16.7 Å². The van der Waals surface area contributed by atoms with E-state index in [1.807, 2.05) is 17.8 Å². The number of hydrogen-bond donors (Lipinski definition) is 0. The summed E-state index contributed by atoms with van der Waals surface area (Å²) in [5, 5.41) is 6.88. The Morgan fingerprint density at radius 2 is 1.72 bits per heavy atom. The molecule has 0 bridgehead atoms. The lowest BCUT2D eigenvalue weighted by Crippen LogP contribution is -2.12. The first-order valence-corrected chi connectivity index (χ1v) is 9.36. The van der Waals surface area contributed by atoms with Crippen LogP contribution in [0.1, 0.15) is 29.2 Å². The van der Waals surface area contributed by atoms with E-state index in [4.69, 9.17) is 5.10 Å². The molecule has 0 fully saturated rings. The molecule has 1 heterocycles. The SMILES string of the molecule is CCN=c1scc(-c2ccc(C)cc2)n1/N=C\c1ccc(C)cc1C. The third kappa shape index (κ3) is 3.97. The van der Waals surface area contributed by atoms with Gasteiger partial charge >= 0.3 is 0 Å². The molecule has 0 N–H and O–H groups in total. The highest BCUT2D eigenvalue weighted by atomic mass is 32.1. The van der Waals surface area contributed by atoms with Gasteiger partial charge in [0.05, 0.1) is 11.9 Å². The first-order chi connectivity index (χ1) is 12.1. The van der Waals surface area contributed by atoms with Gasteiger partial charge in [0.15, 0.2) is 0 Å². The molecule has 0 amide bonds. The molecule has 2 aromatic carbocycles. The molecule has 0 spiro atoms. The molecule has 25 heavy (non-hydrogen) atoms. The van der Waals surface area contributed by atoms with Crippen LogP contribution in [-0.2, 0) is 0 Å². The van der Waals surface area contributed by atoms with Gasteiger partial charge in [-0.1, -0.05) is 53.6 Å². The van der Waals surface area contributed by atoms with Gasteiger partial charge in [-0.25, -0.2) is 4.68 Å². The van der Waals surface area contributed by atoms with Gasteiger partial charge in [0.25, 0.3) is 0 Å². The Bertz CT molecular complexity index is 960. The molecule has 3 nitrogen and oxygen atoms in total. The van der Waals surface area contributed by atoms with Crippen molar-refractivity contribution in [2.24, 2.45) is 10.1 Å². The minimum Gasteiger partial charge on any atom is -0.258 e. The fourth-order valence-corrected chi connectivity index (χ4v) is 3.57. The number of hydrogen-bond acceptors (Lipinski definition) is 3. The van der Waals surface area contributed by atoms with E-state index in [2.05, 4.69) is 73.6 Å². The molecule has 0 atom stereocenters. The van der Waals surface area contributed by atoms with Crippen molar-refractivity contribution in [1.29, 1.82) is 0 Å². The minimum atomic E-state index is 0.743. The first kappa shape index (κ1) is 17.4. The molecular formula is C21H23N3S. The summed E-state index contributed by atoms with van der Waals surface area (Å²) in [4.78, 5) is 5.50. The second-order valence-electron chi connectivity index (χ2n) is 6.16. The van der Waals surface area contributed by atoms with Crippen molar-refractivity contribution in [3.8, 4) is 11.3 Å². The van der Waals surface area contributed by atoms with Crippen LogP contribution in [0.25, 0.3) is 11.3 Å². The Labute approximate surface area is 153 Å². The summed E-state index contributed by atoms with van der Waals surface area (Å²) in [6.45, 7) is 9.11. The van der Waals surface area contributed by atoms with Gasteiger partial charge in [-0.2, -0.15) is 5.10 Å². The second-order valence-corrected chi connectivity index (χ2v) is 7.00. The molecule has 0 aliphatic rings. The van der Waals surface area contributed by atoms with Crippen LogP contribution in [0.4, 0.5) is 0 Å². The van der Waals surface area contributed by atoms with Crippen LogP contribution in [0.2, 0.25) is 0 Å².